The molecule has 0 aliphatic carbocycles. The molecule has 1 amide bonds. The Labute approximate surface area is 150 Å². The predicted octanol–water partition coefficient (Wildman–Crippen LogP) is 2.62. The average Bonchev–Trinajstić information content (AvgIpc) is 3.22. The fraction of sp³-hybridized carbons (Fsp3) is 0.500. The third kappa shape index (κ3) is 2.98. The van der Waals surface area contributed by atoms with Crippen LogP contribution in [-0.2, 0) is 0 Å². The van der Waals surface area contributed by atoms with E-state index >= 15 is 0 Å². The summed E-state index contributed by atoms with van der Waals surface area (Å²) in [5.41, 5.74) is 1.85. The van der Waals surface area contributed by atoms with Gasteiger partial charge in [0.15, 0.2) is 5.76 Å². The largest absolute Gasteiger partial charge is 0.451 e. The zero-order valence-corrected chi connectivity index (χ0v) is 15.4. The van der Waals surface area contributed by atoms with Crippen molar-refractivity contribution in [2.75, 3.05) is 39.3 Å². The average molecular weight is 392 g/mol. The van der Waals surface area contributed by atoms with Crippen molar-refractivity contribution in [1.82, 2.24) is 15.1 Å². The van der Waals surface area contributed by atoms with Gasteiger partial charge in [-0.3, -0.25) is 9.69 Å². The molecule has 128 valence electrons. The van der Waals surface area contributed by atoms with Crippen LogP contribution in [0.2, 0.25) is 0 Å². The smallest absolute Gasteiger partial charge is 0.289 e. The Bertz CT molecular complexity index is 767. The van der Waals surface area contributed by atoms with Gasteiger partial charge >= 0.3 is 0 Å². The minimum absolute atomic E-state index is 0.0133. The Morgan fingerprint density at radius 1 is 1.25 bits per heavy atom. The van der Waals surface area contributed by atoms with Gasteiger partial charge in [-0.05, 0) is 37.1 Å². The highest BCUT2D eigenvalue weighted by Crippen LogP contribution is 2.28. The second-order valence-corrected chi connectivity index (χ2v) is 7.65. The van der Waals surface area contributed by atoms with Crippen LogP contribution < -0.4 is 5.32 Å². The summed E-state index contributed by atoms with van der Waals surface area (Å²) in [5.74, 6) is 0.464. The maximum Gasteiger partial charge on any atom is 0.289 e. The Morgan fingerprint density at radius 3 is 2.83 bits per heavy atom. The minimum atomic E-state index is 0.0133. The quantitative estimate of drug-likeness (QED) is 0.854. The molecule has 0 bridgehead atoms. The first kappa shape index (κ1) is 16.1. The van der Waals surface area contributed by atoms with E-state index in [1.807, 2.05) is 30.0 Å². The van der Waals surface area contributed by atoms with Crippen molar-refractivity contribution in [3.05, 3.63) is 34.0 Å². The predicted molar refractivity (Wildman–Crippen MR) is 97.4 cm³/mol. The van der Waals surface area contributed by atoms with Gasteiger partial charge in [0.2, 0.25) is 0 Å². The number of piperazine rings is 1. The van der Waals surface area contributed by atoms with Crippen molar-refractivity contribution in [3.8, 4) is 0 Å². The summed E-state index contributed by atoms with van der Waals surface area (Å²) in [6.45, 7) is 7.85. The number of carbonyl (C=O) groups excluding carboxylic acids is 1. The van der Waals surface area contributed by atoms with Crippen molar-refractivity contribution in [2.24, 2.45) is 0 Å². The SMILES string of the molecule is Cc1cc(Br)cc2cc(C(=O)N3CCC(N4CCNCC4)C3)oc12. The first-order valence-corrected chi connectivity index (χ1v) is 9.35. The highest BCUT2D eigenvalue weighted by atomic mass is 79.9. The van der Waals surface area contributed by atoms with Gasteiger partial charge in [-0.15, -0.1) is 0 Å². The van der Waals surface area contributed by atoms with Gasteiger partial charge < -0.3 is 14.6 Å². The lowest BCUT2D eigenvalue weighted by atomic mass is 10.2. The van der Waals surface area contributed by atoms with E-state index in [2.05, 4.69) is 26.1 Å². The van der Waals surface area contributed by atoms with Gasteiger partial charge in [-0.2, -0.15) is 0 Å². The highest BCUT2D eigenvalue weighted by molar-refractivity contribution is 9.10. The van der Waals surface area contributed by atoms with Crippen LogP contribution in [0.3, 0.4) is 0 Å². The van der Waals surface area contributed by atoms with Crippen LogP contribution in [0, 0.1) is 6.92 Å². The molecule has 2 aliphatic rings. The molecule has 1 aromatic heterocycles. The monoisotopic (exact) mass is 391 g/mol. The van der Waals surface area contributed by atoms with E-state index in [0.717, 1.165) is 66.7 Å². The Hall–Kier alpha value is -1.37. The highest BCUT2D eigenvalue weighted by Gasteiger charge is 2.32. The number of hydrogen-bond donors (Lipinski definition) is 1. The third-order valence-electron chi connectivity index (χ3n) is 5.10. The maximum absolute atomic E-state index is 12.8. The van der Waals surface area contributed by atoms with E-state index in [-0.39, 0.29) is 5.91 Å². The zero-order valence-electron chi connectivity index (χ0n) is 13.8. The maximum atomic E-state index is 12.8. The number of nitrogens with one attached hydrogen (secondary N) is 1. The van der Waals surface area contributed by atoms with Gasteiger partial charge in [0.05, 0.1) is 0 Å². The number of hydrogen-bond acceptors (Lipinski definition) is 4. The summed E-state index contributed by atoms with van der Waals surface area (Å²) in [6.07, 6.45) is 1.05. The number of furan rings is 1. The van der Waals surface area contributed by atoms with Crippen molar-refractivity contribution in [2.45, 2.75) is 19.4 Å². The van der Waals surface area contributed by atoms with E-state index in [9.17, 15) is 4.79 Å². The lowest BCUT2D eigenvalue weighted by Gasteiger charge is -2.32. The Morgan fingerprint density at radius 2 is 2.04 bits per heavy atom. The van der Waals surface area contributed by atoms with Crippen molar-refractivity contribution >= 4 is 32.8 Å². The summed E-state index contributed by atoms with van der Waals surface area (Å²) >= 11 is 3.50. The first-order valence-electron chi connectivity index (χ1n) is 8.55. The van der Waals surface area contributed by atoms with Gasteiger partial charge in [-0.25, -0.2) is 0 Å². The molecule has 2 saturated heterocycles. The number of carbonyl (C=O) groups is 1. The van der Waals surface area contributed by atoms with Crippen molar-refractivity contribution < 1.29 is 9.21 Å². The van der Waals surface area contributed by atoms with E-state index < -0.39 is 0 Å². The normalized spacial score (nSPS) is 22.4. The number of rotatable bonds is 2. The van der Waals surface area contributed by atoms with Crippen LogP contribution >= 0.6 is 15.9 Å². The molecule has 2 fully saturated rings. The summed E-state index contributed by atoms with van der Waals surface area (Å²) in [7, 11) is 0. The lowest BCUT2D eigenvalue weighted by Crippen LogP contribution is -2.49. The van der Waals surface area contributed by atoms with E-state index in [1.165, 1.54) is 0 Å². The Kier molecular flexibility index (Phi) is 4.37. The summed E-state index contributed by atoms with van der Waals surface area (Å²) < 4.78 is 6.88. The second kappa shape index (κ2) is 6.50. The molecule has 1 N–H and O–H groups in total. The molecule has 2 aromatic rings. The number of nitrogens with zero attached hydrogens (tertiary/aromatic N) is 2. The molecule has 3 heterocycles. The van der Waals surface area contributed by atoms with E-state index in [4.69, 9.17) is 4.42 Å². The molecule has 2 aliphatic heterocycles. The molecule has 5 nitrogen and oxygen atoms in total. The molecule has 1 unspecified atom stereocenters. The van der Waals surface area contributed by atoms with Gasteiger partial charge in [0.1, 0.15) is 5.58 Å². The molecule has 0 spiro atoms. The molecule has 1 atom stereocenters. The molecule has 6 heteroatoms. The van der Waals surface area contributed by atoms with Crippen LogP contribution in [0.15, 0.2) is 27.1 Å². The summed E-state index contributed by atoms with van der Waals surface area (Å²) in [6, 6.07) is 6.36. The number of amides is 1. The van der Waals surface area contributed by atoms with Crippen LogP contribution in [-0.4, -0.2) is 61.0 Å². The van der Waals surface area contributed by atoms with Crippen LogP contribution in [0.25, 0.3) is 11.0 Å². The van der Waals surface area contributed by atoms with Crippen molar-refractivity contribution in [3.63, 3.8) is 0 Å². The summed E-state index contributed by atoms with van der Waals surface area (Å²) in [4.78, 5) is 17.3. The van der Waals surface area contributed by atoms with E-state index in [1.54, 1.807) is 0 Å². The van der Waals surface area contributed by atoms with Gasteiger partial charge in [0, 0.05) is 55.2 Å². The first-order chi connectivity index (χ1) is 11.6. The lowest BCUT2D eigenvalue weighted by molar-refractivity contribution is 0.0744. The fourth-order valence-corrected chi connectivity index (χ4v) is 4.41. The molecule has 1 aromatic carbocycles. The standard InChI is InChI=1S/C18H22BrN3O2/c1-12-8-14(19)9-13-10-16(24-17(12)13)18(23)22-5-2-15(11-22)21-6-3-20-4-7-21/h8-10,15,20H,2-7,11H2,1H3. The van der Waals surface area contributed by atoms with Gasteiger partial charge in [-0.1, -0.05) is 15.9 Å². The number of halogens is 1. The number of likely N-dealkylation sites (tertiary alicyclic amines) is 1. The van der Waals surface area contributed by atoms with E-state index in [0.29, 0.717) is 11.8 Å². The second-order valence-electron chi connectivity index (χ2n) is 6.73. The molecular weight excluding hydrogens is 370 g/mol. The summed E-state index contributed by atoms with van der Waals surface area (Å²) in [5, 5.41) is 4.36. The minimum Gasteiger partial charge on any atom is -0.451 e. The molecule has 4 rings (SSSR count). The molecule has 0 radical (unpaired) electrons. The zero-order chi connectivity index (χ0) is 16.7. The van der Waals surface area contributed by atoms with Crippen molar-refractivity contribution in [1.29, 1.82) is 0 Å². The fourth-order valence-electron chi connectivity index (χ4n) is 3.82. The molecule has 0 saturated carbocycles. The van der Waals surface area contributed by atoms with Crippen LogP contribution in [0.4, 0.5) is 0 Å². The third-order valence-corrected chi connectivity index (χ3v) is 5.55. The number of aryl methyl sites for hydroxylation is 1. The van der Waals surface area contributed by atoms with Crippen LogP contribution in [0.1, 0.15) is 22.5 Å². The topological polar surface area (TPSA) is 48.7 Å². The Balaban J connectivity index is 1.51. The van der Waals surface area contributed by atoms with Crippen LogP contribution in [0.5, 0.6) is 0 Å². The van der Waals surface area contributed by atoms with Gasteiger partial charge in [0.25, 0.3) is 5.91 Å². The number of benzene rings is 1. The molecule has 24 heavy (non-hydrogen) atoms. The number of fused-ring (bicyclic) bond motifs is 1. The molecular formula is C18H22BrN3O2.